The van der Waals surface area contributed by atoms with Gasteiger partial charge in [-0.25, -0.2) is 4.98 Å². The number of rotatable bonds is 6. The fourth-order valence-electron chi connectivity index (χ4n) is 1.81. The third kappa shape index (κ3) is 4.58. The first-order valence-corrected chi connectivity index (χ1v) is 7.65. The molecule has 2 aromatic rings. The van der Waals surface area contributed by atoms with E-state index in [9.17, 15) is 4.79 Å². The van der Waals surface area contributed by atoms with Crippen molar-refractivity contribution in [2.24, 2.45) is 5.73 Å². The van der Waals surface area contributed by atoms with Crippen LogP contribution in [0.25, 0.3) is 0 Å². The Balaban J connectivity index is 0.00000242. The number of thiazole rings is 1. The van der Waals surface area contributed by atoms with Crippen LogP contribution in [-0.2, 0) is 13.0 Å². The second-order valence-corrected chi connectivity index (χ2v) is 5.62. The number of halogens is 2. The molecule has 0 saturated heterocycles. The zero-order chi connectivity index (χ0) is 15.2. The summed E-state index contributed by atoms with van der Waals surface area (Å²) in [4.78, 5) is 16.3. The minimum absolute atomic E-state index is 0. The molecular weight excluding hydrogens is 345 g/mol. The summed E-state index contributed by atoms with van der Waals surface area (Å²) in [5.74, 6) is 0.404. The molecule has 0 radical (unpaired) electrons. The van der Waals surface area contributed by atoms with Gasteiger partial charge in [-0.2, -0.15) is 0 Å². The normalized spacial score (nSPS) is 9.95. The molecule has 0 fully saturated rings. The molecule has 5 nitrogen and oxygen atoms in total. The van der Waals surface area contributed by atoms with Crippen LogP contribution in [0.4, 0.5) is 0 Å². The third-order valence-electron chi connectivity index (χ3n) is 2.86. The Morgan fingerprint density at radius 2 is 2.27 bits per heavy atom. The van der Waals surface area contributed by atoms with Gasteiger partial charge in [-0.1, -0.05) is 17.7 Å². The summed E-state index contributed by atoms with van der Waals surface area (Å²) in [7, 11) is 1.57. The molecule has 0 unspecified atom stereocenters. The number of carbonyl (C=O) groups is 1. The molecule has 1 heterocycles. The van der Waals surface area contributed by atoms with E-state index >= 15 is 0 Å². The largest absolute Gasteiger partial charge is 0.496 e. The quantitative estimate of drug-likeness (QED) is 0.828. The van der Waals surface area contributed by atoms with Gasteiger partial charge in [0.25, 0.3) is 5.91 Å². The topological polar surface area (TPSA) is 77.2 Å². The minimum atomic E-state index is -0.239. The number of nitrogens with two attached hydrogens (primary N) is 1. The van der Waals surface area contributed by atoms with Gasteiger partial charge in [-0.05, 0) is 18.7 Å². The van der Waals surface area contributed by atoms with Crippen molar-refractivity contribution in [3.63, 3.8) is 0 Å². The van der Waals surface area contributed by atoms with Gasteiger partial charge in [0.2, 0.25) is 0 Å². The molecule has 0 spiro atoms. The lowest BCUT2D eigenvalue weighted by Crippen LogP contribution is -2.23. The zero-order valence-electron chi connectivity index (χ0n) is 12.0. The molecule has 0 atom stereocenters. The molecule has 8 heteroatoms. The number of hydrogen-bond acceptors (Lipinski definition) is 5. The second-order valence-electron chi connectivity index (χ2n) is 4.27. The predicted molar refractivity (Wildman–Crippen MR) is 91.3 cm³/mol. The number of amides is 1. The Morgan fingerprint density at radius 3 is 2.95 bits per heavy atom. The monoisotopic (exact) mass is 361 g/mol. The maximum absolute atomic E-state index is 12.1. The van der Waals surface area contributed by atoms with Crippen molar-refractivity contribution in [2.45, 2.75) is 13.0 Å². The first-order valence-electron chi connectivity index (χ1n) is 6.39. The third-order valence-corrected chi connectivity index (χ3v) is 4.13. The molecule has 0 aliphatic carbocycles. The number of ether oxygens (including phenoxy) is 1. The molecule has 0 aliphatic heterocycles. The number of benzene rings is 1. The highest BCUT2D eigenvalue weighted by Gasteiger charge is 2.13. The molecular formula is C14H17Cl2N3O2S. The van der Waals surface area contributed by atoms with E-state index in [1.165, 1.54) is 11.3 Å². The highest BCUT2D eigenvalue weighted by molar-refractivity contribution is 7.09. The van der Waals surface area contributed by atoms with Crippen LogP contribution in [0.5, 0.6) is 5.75 Å². The highest BCUT2D eigenvalue weighted by Crippen LogP contribution is 2.26. The van der Waals surface area contributed by atoms with E-state index in [1.807, 2.05) is 0 Å². The molecule has 2 rings (SSSR count). The lowest BCUT2D eigenvalue weighted by Gasteiger charge is -2.10. The molecule has 120 valence electrons. The van der Waals surface area contributed by atoms with Crippen molar-refractivity contribution in [1.29, 1.82) is 0 Å². The summed E-state index contributed by atoms with van der Waals surface area (Å²) in [6, 6.07) is 5.36. The summed E-state index contributed by atoms with van der Waals surface area (Å²) in [5, 5.41) is 5.93. The minimum Gasteiger partial charge on any atom is -0.496 e. The van der Waals surface area contributed by atoms with Crippen molar-refractivity contribution in [3.8, 4) is 5.75 Å². The van der Waals surface area contributed by atoms with E-state index in [2.05, 4.69) is 10.3 Å². The molecule has 0 aliphatic rings. The molecule has 3 N–H and O–H groups in total. The van der Waals surface area contributed by atoms with Gasteiger partial charge >= 0.3 is 0 Å². The van der Waals surface area contributed by atoms with Crippen LogP contribution in [0.3, 0.4) is 0 Å². The van der Waals surface area contributed by atoms with Crippen molar-refractivity contribution in [3.05, 3.63) is 44.9 Å². The van der Waals surface area contributed by atoms with Gasteiger partial charge in [0.15, 0.2) is 0 Å². The van der Waals surface area contributed by atoms with E-state index in [-0.39, 0.29) is 24.9 Å². The molecule has 1 amide bonds. The fourth-order valence-corrected chi connectivity index (χ4v) is 2.84. The fraction of sp³-hybridized carbons (Fsp3) is 0.286. The molecule has 1 aromatic carbocycles. The number of methoxy groups -OCH3 is 1. The summed E-state index contributed by atoms with van der Waals surface area (Å²) in [6.45, 7) is 0.802. The number of aromatic nitrogens is 1. The maximum Gasteiger partial charge on any atom is 0.271 e. The first-order chi connectivity index (χ1) is 10.2. The molecule has 22 heavy (non-hydrogen) atoms. The van der Waals surface area contributed by atoms with Gasteiger partial charge < -0.3 is 15.8 Å². The van der Waals surface area contributed by atoms with Crippen LogP contribution in [0.15, 0.2) is 23.6 Å². The number of carbonyl (C=O) groups excluding carboxylic acids is 1. The van der Waals surface area contributed by atoms with Crippen molar-refractivity contribution < 1.29 is 9.53 Å². The standard InChI is InChI=1S/C14H16ClN3O2S.ClH/c1-20-12-4-2-3-10(15)9(12)7-17-14(19)11-8-21-13(18-11)5-6-16;/h2-4,8H,5-7,16H2,1H3,(H,17,19);1H. The SMILES string of the molecule is COc1cccc(Cl)c1CNC(=O)c1csc(CCN)n1.Cl. The predicted octanol–water partition coefficient (Wildman–Crippen LogP) is 2.66. The Hall–Kier alpha value is -1.34. The number of nitrogens with zero attached hydrogens (tertiary/aromatic N) is 1. The molecule has 0 saturated carbocycles. The Bertz CT molecular complexity index is 634. The van der Waals surface area contributed by atoms with Crippen molar-refractivity contribution in [2.75, 3.05) is 13.7 Å². The number of nitrogens with one attached hydrogen (secondary N) is 1. The van der Waals surface area contributed by atoms with E-state index < -0.39 is 0 Å². The lowest BCUT2D eigenvalue weighted by atomic mass is 10.2. The van der Waals surface area contributed by atoms with E-state index in [0.717, 1.165) is 10.6 Å². The van der Waals surface area contributed by atoms with Gasteiger partial charge in [0.1, 0.15) is 11.4 Å². The van der Waals surface area contributed by atoms with E-state index in [4.69, 9.17) is 22.1 Å². The first kappa shape index (κ1) is 18.7. The van der Waals surface area contributed by atoms with Crippen LogP contribution >= 0.6 is 35.3 Å². The van der Waals surface area contributed by atoms with Gasteiger partial charge in [-0.15, -0.1) is 23.7 Å². The Morgan fingerprint density at radius 1 is 1.50 bits per heavy atom. The Kier molecular flexibility index (Phi) is 7.61. The van der Waals surface area contributed by atoms with Crippen LogP contribution in [-0.4, -0.2) is 24.5 Å². The van der Waals surface area contributed by atoms with E-state index in [1.54, 1.807) is 30.7 Å². The van der Waals surface area contributed by atoms with E-state index in [0.29, 0.717) is 29.4 Å². The Labute approximate surface area is 144 Å². The molecule has 1 aromatic heterocycles. The van der Waals surface area contributed by atoms with Crippen LogP contribution in [0.2, 0.25) is 5.02 Å². The summed E-state index contributed by atoms with van der Waals surface area (Å²) in [6.07, 6.45) is 0.677. The summed E-state index contributed by atoms with van der Waals surface area (Å²) < 4.78 is 5.24. The van der Waals surface area contributed by atoms with Crippen molar-refractivity contribution in [1.82, 2.24) is 10.3 Å². The van der Waals surface area contributed by atoms with Crippen LogP contribution in [0, 0.1) is 0 Å². The van der Waals surface area contributed by atoms with Gasteiger partial charge in [-0.3, -0.25) is 4.79 Å². The summed E-state index contributed by atoms with van der Waals surface area (Å²) in [5.41, 5.74) is 6.61. The van der Waals surface area contributed by atoms with Gasteiger partial charge in [0, 0.05) is 28.9 Å². The van der Waals surface area contributed by atoms with Crippen LogP contribution in [0.1, 0.15) is 21.1 Å². The number of hydrogen-bond donors (Lipinski definition) is 2. The smallest absolute Gasteiger partial charge is 0.271 e. The highest BCUT2D eigenvalue weighted by atomic mass is 35.5. The van der Waals surface area contributed by atoms with Gasteiger partial charge in [0.05, 0.1) is 12.1 Å². The second kappa shape index (κ2) is 8.95. The average molecular weight is 362 g/mol. The maximum atomic E-state index is 12.1. The summed E-state index contributed by atoms with van der Waals surface area (Å²) >= 11 is 7.56. The zero-order valence-corrected chi connectivity index (χ0v) is 14.4. The van der Waals surface area contributed by atoms with Crippen LogP contribution < -0.4 is 15.8 Å². The lowest BCUT2D eigenvalue weighted by molar-refractivity contribution is 0.0946. The van der Waals surface area contributed by atoms with Crippen molar-refractivity contribution >= 4 is 41.3 Å². The average Bonchev–Trinajstić information content (AvgIpc) is 2.94. The molecule has 0 bridgehead atoms.